The van der Waals surface area contributed by atoms with Crippen molar-refractivity contribution in [2.75, 3.05) is 13.7 Å². The molecule has 0 aliphatic carbocycles. The minimum Gasteiger partial charge on any atom is -0.383 e. The van der Waals surface area contributed by atoms with Gasteiger partial charge in [0.1, 0.15) is 0 Å². The maximum Gasteiger partial charge on any atom is 0.274 e. The molecule has 124 valence electrons. The average Bonchev–Trinajstić information content (AvgIpc) is 2.93. The lowest BCUT2D eigenvalue weighted by atomic mass is 10.1. The van der Waals surface area contributed by atoms with Gasteiger partial charge in [0.25, 0.3) is 5.91 Å². The van der Waals surface area contributed by atoms with Crippen molar-refractivity contribution < 1.29 is 9.53 Å². The van der Waals surface area contributed by atoms with Gasteiger partial charge in [0.2, 0.25) is 0 Å². The number of nitrogens with one attached hydrogen (secondary N) is 1. The molecule has 0 saturated carbocycles. The Labute approximate surface area is 136 Å². The summed E-state index contributed by atoms with van der Waals surface area (Å²) in [6.07, 6.45) is 0. The van der Waals surface area contributed by atoms with Gasteiger partial charge >= 0.3 is 0 Å². The summed E-state index contributed by atoms with van der Waals surface area (Å²) in [5.41, 5.74) is 3.24. The molecule has 1 amide bonds. The Kier molecular flexibility index (Phi) is 5.50. The van der Waals surface area contributed by atoms with Crippen LogP contribution in [0.4, 0.5) is 0 Å². The molecule has 1 aromatic carbocycles. The van der Waals surface area contributed by atoms with Gasteiger partial charge in [-0.25, -0.2) is 4.68 Å². The van der Waals surface area contributed by atoms with Gasteiger partial charge in [-0.2, -0.15) is 0 Å². The molecule has 0 saturated heterocycles. The molecule has 1 atom stereocenters. The van der Waals surface area contributed by atoms with Crippen molar-refractivity contribution in [1.29, 1.82) is 0 Å². The van der Waals surface area contributed by atoms with Crippen LogP contribution in [-0.4, -0.2) is 40.7 Å². The Hall–Kier alpha value is -2.21. The number of ether oxygens (including phenoxy) is 1. The van der Waals surface area contributed by atoms with Crippen molar-refractivity contribution in [2.24, 2.45) is 0 Å². The molecule has 1 aromatic heterocycles. The Balaban J connectivity index is 2.35. The highest BCUT2D eigenvalue weighted by atomic mass is 16.5. The number of carbonyl (C=O) groups excluding carboxylic acids is 1. The van der Waals surface area contributed by atoms with Crippen LogP contribution in [0.1, 0.15) is 48.4 Å². The minimum atomic E-state index is -0.225. The fourth-order valence-corrected chi connectivity index (χ4v) is 2.43. The summed E-state index contributed by atoms with van der Waals surface area (Å²) in [5.74, 6) is -0.110. The van der Waals surface area contributed by atoms with Crippen molar-refractivity contribution in [3.63, 3.8) is 0 Å². The van der Waals surface area contributed by atoms with Gasteiger partial charge in [-0.1, -0.05) is 36.8 Å². The van der Waals surface area contributed by atoms with Crippen LogP contribution in [0.2, 0.25) is 0 Å². The minimum absolute atomic E-state index is 0.0861. The van der Waals surface area contributed by atoms with Crippen molar-refractivity contribution in [1.82, 2.24) is 20.3 Å². The predicted molar refractivity (Wildman–Crippen MR) is 89.0 cm³/mol. The number of aromatic nitrogens is 3. The smallest absolute Gasteiger partial charge is 0.274 e. The van der Waals surface area contributed by atoms with Gasteiger partial charge in [-0.15, -0.1) is 5.10 Å². The molecule has 1 heterocycles. The third kappa shape index (κ3) is 3.96. The SMILES string of the molecule is COCC(C)NC(=O)c1nnn(-c2ccc(C)cc2)c1C(C)C. The number of nitrogens with zero attached hydrogens (tertiary/aromatic N) is 3. The standard InChI is InChI=1S/C17H24N4O2/c1-11(2)16-15(17(22)18-13(4)10-23-5)19-20-21(16)14-8-6-12(3)7-9-14/h6-9,11,13H,10H2,1-5H3,(H,18,22). The molecule has 1 unspecified atom stereocenters. The van der Waals surface area contributed by atoms with Crippen molar-refractivity contribution >= 4 is 5.91 Å². The Morgan fingerprint density at radius 1 is 1.26 bits per heavy atom. The molecule has 0 bridgehead atoms. The number of aryl methyl sites for hydroxylation is 1. The number of benzene rings is 1. The molecule has 0 fully saturated rings. The second-order valence-electron chi connectivity index (χ2n) is 6.06. The zero-order valence-corrected chi connectivity index (χ0v) is 14.3. The van der Waals surface area contributed by atoms with Gasteiger partial charge < -0.3 is 10.1 Å². The largest absolute Gasteiger partial charge is 0.383 e. The molecule has 2 rings (SSSR count). The molecule has 6 heteroatoms. The van der Waals surface area contributed by atoms with Gasteiger partial charge in [0.15, 0.2) is 5.69 Å². The normalized spacial score (nSPS) is 12.4. The molecule has 0 spiro atoms. The van der Waals surface area contributed by atoms with E-state index in [4.69, 9.17) is 4.74 Å². The highest BCUT2D eigenvalue weighted by Gasteiger charge is 2.23. The zero-order chi connectivity index (χ0) is 17.0. The summed E-state index contributed by atoms with van der Waals surface area (Å²) in [7, 11) is 1.61. The molecule has 1 N–H and O–H groups in total. The second kappa shape index (κ2) is 7.37. The van der Waals surface area contributed by atoms with Gasteiger partial charge in [0, 0.05) is 13.2 Å². The fraction of sp³-hybridized carbons (Fsp3) is 0.471. The Morgan fingerprint density at radius 3 is 2.48 bits per heavy atom. The van der Waals surface area contributed by atoms with E-state index in [0.717, 1.165) is 11.4 Å². The zero-order valence-electron chi connectivity index (χ0n) is 14.3. The number of methoxy groups -OCH3 is 1. The van der Waals surface area contributed by atoms with Crippen LogP contribution in [0, 0.1) is 6.92 Å². The van der Waals surface area contributed by atoms with Crippen LogP contribution in [0.5, 0.6) is 0 Å². The molecule has 2 aromatic rings. The molecule has 0 aliphatic heterocycles. The van der Waals surface area contributed by atoms with E-state index in [1.165, 1.54) is 5.56 Å². The first-order valence-electron chi connectivity index (χ1n) is 7.76. The van der Waals surface area contributed by atoms with E-state index in [2.05, 4.69) is 15.6 Å². The number of rotatable bonds is 6. The van der Waals surface area contributed by atoms with E-state index in [9.17, 15) is 4.79 Å². The number of carbonyl (C=O) groups is 1. The van der Waals surface area contributed by atoms with Crippen LogP contribution < -0.4 is 5.32 Å². The first-order valence-corrected chi connectivity index (χ1v) is 7.76. The quantitative estimate of drug-likeness (QED) is 0.889. The third-order valence-electron chi connectivity index (χ3n) is 3.54. The predicted octanol–water partition coefficient (Wildman–Crippen LogP) is 2.46. The monoisotopic (exact) mass is 316 g/mol. The summed E-state index contributed by atoms with van der Waals surface area (Å²) >= 11 is 0. The van der Waals surface area contributed by atoms with Crippen molar-refractivity contribution in [2.45, 2.75) is 39.7 Å². The van der Waals surface area contributed by atoms with Crippen molar-refractivity contribution in [3.05, 3.63) is 41.2 Å². The first-order chi connectivity index (χ1) is 10.9. The summed E-state index contributed by atoms with van der Waals surface area (Å²) < 4.78 is 6.78. The van der Waals surface area contributed by atoms with E-state index in [-0.39, 0.29) is 17.9 Å². The van der Waals surface area contributed by atoms with Gasteiger partial charge in [-0.3, -0.25) is 4.79 Å². The molecule has 0 radical (unpaired) electrons. The Morgan fingerprint density at radius 2 is 1.91 bits per heavy atom. The lowest BCUT2D eigenvalue weighted by Crippen LogP contribution is -2.36. The van der Waals surface area contributed by atoms with E-state index in [1.807, 2.05) is 52.0 Å². The summed E-state index contributed by atoms with van der Waals surface area (Å²) in [5, 5.41) is 11.2. The molecular formula is C17H24N4O2. The van der Waals surface area contributed by atoms with Crippen LogP contribution >= 0.6 is 0 Å². The number of hydrogen-bond acceptors (Lipinski definition) is 4. The third-order valence-corrected chi connectivity index (χ3v) is 3.54. The van der Waals surface area contributed by atoms with Crippen LogP contribution in [0.15, 0.2) is 24.3 Å². The summed E-state index contributed by atoms with van der Waals surface area (Å²) in [6.45, 7) is 8.43. The van der Waals surface area contributed by atoms with E-state index in [1.54, 1.807) is 11.8 Å². The highest BCUT2D eigenvalue weighted by molar-refractivity contribution is 5.93. The maximum atomic E-state index is 12.5. The van der Waals surface area contributed by atoms with E-state index < -0.39 is 0 Å². The van der Waals surface area contributed by atoms with E-state index in [0.29, 0.717) is 12.3 Å². The fourth-order valence-electron chi connectivity index (χ4n) is 2.43. The lowest BCUT2D eigenvalue weighted by Gasteiger charge is -2.14. The summed E-state index contributed by atoms with van der Waals surface area (Å²) in [6, 6.07) is 7.90. The lowest BCUT2D eigenvalue weighted by molar-refractivity contribution is 0.0899. The molecule has 6 nitrogen and oxygen atoms in total. The van der Waals surface area contributed by atoms with Gasteiger partial charge in [0.05, 0.1) is 18.0 Å². The topological polar surface area (TPSA) is 69.0 Å². The molecular weight excluding hydrogens is 292 g/mol. The summed E-state index contributed by atoms with van der Waals surface area (Å²) in [4.78, 5) is 12.5. The van der Waals surface area contributed by atoms with Crippen LogP contribution in [0.3, 0.4) is 0 Å². The highest BCUT2D eigenvalue weighted by Crippen LogP contribution is 2.21. The number of hydrogen-bond donors (Lipinski definition) is 1. The first kappa shape index (κ1) is 17.1. The van der Waals surface area contributed by atoms with Crippen LogP contribution in [-0.2, 0) is 4.74 Å². The average molecular weight is 316 g/mol. The van der Waals surface area contributed by atoms with Crippen LogP contribution in [0.25, 0.3) is 5.69 Å². The molecule has 23 heavy (non-hydrogen) atoms. The van der Waals surface area contributed by atoms with Crippen molar-refractivity contribution in [3.8, 4) is 5.69 Å². The maximum absolute atomic E-state index is 12.5. The second-order valence-corrected chi connectivity index (χ2v) is 6.06. The molecule has 0 aliphatic rings. The Bertz CT molecular complexity index is 662. The number of amides is 1. The van der Waals surface area contributed by atoms with Gasteiger partial charge in [-0.05, 0) is 31.9 Å². The van der Waals surface area contributed by atoms with E-state index >= 15 is 0 Å².